The van der Waals surface area contributed by atoms with Crippen molar-refractivity contribution in [2.45, 2.75) is 50.9 Å². The molecule has 0 saturated carbocycles. The number of aliphatic carboxylic acids is 1. The summed E-state index contributed by atoms with van der Waals surface area (Å²) in [6, 6.07) is -0.337. The van der Waals surface area contributed by atoms with Gasteiger partial charge in [-0.15, -0.1) is 11.8 Å². The average molecular weight is 231 g/mol. The van der Waals surface area contributed by atoms with Crippen molar-refractivity contribution in [1.29, 1.82) is 0 Å². The maximum absolute atomic E-state index is 10.8. The van der Waals surface area contributed by atoms with Gasteiger partial charge in [-0.05, 0) is 12.3 Å². The summed E-state index contributed by atoms with van der Waals surface area (Å²) in [5.74, 6) is 0.623. The van der Waals surface area contributed by atoms with E-state index in [1.807, 2.05) is 0 Å². The van der Waals surface area contributed by atoms with Gasteiger partial charge in [0.2, 0.25) is 0 Å². The zero-order chi connectivity index (χ0) is 11.3. The van der Waals surface area contributed by atoms with E-state index in [1.54, 1.807) is 11.8 Å². The number of carboxylic acids is 1. The Morgan fingerprint density at radius 3 is 2.80 bits per heavy atom. The standard InChI is InChI=1S/C11H21NO2S/c1-3-5-6-8(4-2)10-12-9(7-15-10)11(13)14/h8-10,12H,3-7H2,1-2H3,(H,13,14)/t8-,9+,10+/m1/s1. The highest BCUT2D eigenvalue weighted by atomic mass is 32.2. The maximum Gasteiger partial charge on any atom is 0.321 e. The van der Waals surface area contributed by atoms with E-state index >= 15 is 0 Å². The number of unbranched alkanes of at least 4 members (excludes halogenated alkanes) is 1. The van der Waals surface area contributed by atoms with Gasteiger partial charge in [0, 0.05) is 5.75 Å². The zero-order valence-electron chi connectivity index (χ0n) is 9.53. The Hall–Kier alpha value is -0.220. The van der Waals surface area contributed by atoms with Crippen LogP contribution in [-0.2, 0) is 4.79 Å². The molecule has 1 rings (SSSR count). The Kier molecular flexibility index (Phi) is 5.47. The molecule has 0 unspecified atom stereocenters. The first-order chi connectivity index (χ1) is 7.19. The smallest absolute Gasteiger partial charge is 0.321 e. The lowest BCUT2D eigenvalue weighted by molar-refractivity contribution is -0.138. The Bertz CT molecular complexity index is 211. The van der Waals surface area contributed by atoms with Crippen molar-refractivity contribution >= 4 is 17.7 Å². The summed E-state index contributed by atoms with van der Waals surface area (Å²) in [7, 11) is 0. The zero-order valence-corrected chi connectivity index (χ0v) is 10.3. The number of hydrogen-bond acceptors (Lipinski definition) is 3. The van der Waals surface area contributed by atoms with Crippen LogP contribution in [0, 0.1) is 5.92 Å². The molecule has 1 saturated heterocycles. The predicted molar refractivity (Wildman–Crippen MR) is 64.1 cm³/mol. The highest BCUT2D eigenvalue weighted by Gasteiger charge is 2.33. The molecular formula is C11H21NO2S. The monoisotopic (exact) mass is 231 g/mol. The minimum atomic E-state index is -0.713. The van der Waals surface area contributed by atoms with Crippen LogP contribution in [-0.4, -0.2) is 28.2 Å². The lowest BCUT2D eigenvalue weighted by atomic mass is 9.99. The summed E-state index contributed by atoms with van der Waals surface area (Å²) >= 11 is 1.77. The third-order valence-electron chi connectivity index (χ3n) is 2.99. The second kappa shape index (κ2) is 6.38. The lowest BCUT2D eigenvalue weighted by Gasteiger charge is -2.21. The van der Waals surface area contributed by atoms with Crippen LogP contribution in [0.4, 0.5) is 0 Å². The van der Waals surface area contributed by atoms with Gasteiger partial charge in [-0.25, -0.2) is 0 Å². The average Bonchev–Trinajstić information content (AvgIpc) is 2.68. The fourth-order valence-corrected chi connectivity index (χ4v) is 3.44. The van der Waals surface area contributed by atoms with Gasteiger partial charge in [-0.1, -0.05) is 33.1 Å². The maximum atomic E-state index is 10.8. The van der Waals surface area contributed by atoms with E-state index in [1.165, 1.54) is 19.3 Å². The molecule has 0 amide bonds. The Morgan fingerprint density at radius 1 is 1.60 bits per heavy atom. The van der Waals surface area contributed by atoms with Crippen LogP contribution in [0.5, 0.6) is 0 Å². The molecule has 1 fully saturated rings. The van der Waals surface area contributed by atoms with Gasteiger partial charge in [-0.2, -0.15) is 0 Å². The van der Waals surface area contributed by atoms with Gasteiger partial charge in [0.1, 0.15) is 6.04 Å². The van der Waals surface area contributed by atoms with Crippen LogP contribution in [0.2, 0.25) is 0 Å². The number of rotatable bonds is 6. The minimum absolute atomic E-state index is 0.337. The molecule has 88 valence electrons. The van der Waals surface area contributed by atoms with Gasteiger partial charge in [0.25, 0.3) is 0 Å². The largest absolute Gasteiger partial charge is 0.480 e. The molecule has 0 bridgehead atoms. The first kappa shape index (κ1) is 12.8. The van der Waals surface area contributed by atoms with Crippen molar-refractivity contribution in [3.05, 3.63) is 0 Å². The normalized spacial score (nSPS) is 27.9. The Balaban J connectivity index is 2.39. The predicted octanol–water partition coefficient (Wildman–Crippen LogP) is 2.32. The molecule has 1 aliphatic heterocycles. The van der Waals surface area contributed by atoms with Gasteiger partial charge in [-0.3, -0.25) is 10.1 Å². The number of nitrogens with one attached hydrogen (secondary N) is 1. The second-order valence-corrected chi connectivity index (χ2v) is 5.30. The first-order valence-corrected chi connectivity index (χ1v) is 6.84. The summed E-state index contributed by atoms with van der Waals surface area (Å²) < 4.78 is 0. The van der Waals surface area contributed by atoms with Gasteiger partial charge >= 0.3 is 5.97 Å². The van der Waals surface area contributed by atoms with Crippen molar-refractivity contribution in [3.8, 4) is 0 Å². The van der Waals surface area contributed by atoms with E-state index in [4.69, 9.17) is 5.11 Å². The highest BCUT2D eigenvalue weighted by molar-refractivity contribution is 8.00. The molecule has 1 heterocycles. The van der Waals surface area contributed by atoms with Crippen molar-refractivity contribution in [3.63, 3.8) is 0 Å². The van der Waals surface area contributed by atoms with Crippen LogP contribution < -0.4 is 5.32 Å². The molecule has 0 aromatic carbocycles. The van der Waals surface area contributed by atoms with Gasteiger partial charge in [0.05, 0.1) is 5.37 Å². The number of thioether (sulfide) groups is 1. The molecule has 2 N–H and O–H groups in total. The lowest BCUT2D eigenvalue weighted by Crippen LogP contribution is -2.39. The molecule has 0 spiro atoms. The molecule has 4 heteroatoms. The summed E-state index contributed by atoms with van der Waals surface area (Å²) in [5.41, 5.74) is 0. The molecule has 3 atom stereocenters. The first-order valence-electron chi connectivity index (χ1n) is 5.79. The second-order valence-electron chi connectivity index (χ2n) is 4.12. The van der Waals surface area contributed by atoms with E-state index < -0.39 is 5.97 Å². The van der Waals surface area contributed by atoms with Gasteiger partial charge < -0.3 is 5.11 Å². The van der Waals surface area contributed by atoms with E-state index in [9.17, 15) is 4.79 Å². The number of hydrogen-bond donors (Lipinski definition) is 2. The van der Waals surface area contributed by atoms with Crippen molar-refractivity contribution < 1.29 is 9.90 Å². The third-order valence-corrected chi connectivity index (χ3v) is 4.39. The number of carboxylic acid groups (broad SMARTS) is 1. The van der Waals surface area contributed by atoms with Gasteiger partial charge in [0.15, 0.2) is 0 Å². The van der Waals surface area contributed by atoms with Crippen LogP contribution in [0.25, 0.3) is 0 Å². The summed E-state index contributed by atoms with van der Waals surface area (Å²) in [6.45, 7) is 4.39. The molecule has 3 nitrogen and oxygen atoms in total. The topological polar surface area (TPSA) is 49.3 Å². The molecule has 0 aromatic rings. The molecule has 1 aliphatic rings. The fraction of sp³-hybridized carbons (Fsp3) is 0.909. The molecular weight excluding hydrogens is 210 g/mol. The van der Waals surface area contributed by atoms with E-state index in [0.29, 0.717) is 17.0 Å². The van der Waals surface area contributed by atoms with Crippen LogP contribution in [0.3, 0.4) is 0 Å². The van der Waals surface area contributed by atoms with E-state index in [0.717, 1.165) is 6.42 Å². The SMILES string of the molecule is CCCC[C@@H](CC)[C@H]1N[C@H](C(=O)O)CS1. The van der Waals surface area contributed by atoms with Crippen LogP contribution >= 0.6 is 11.8 Å². The highest BCUT2D eigenvalue weighted by Crippen LogP contribution is 2.30. The van der Waals surface area contributed by atoms with Crippen molar-refractivity contribution in [2.24, 2.45) is 5.92 Å². The molecule has 0 radical (unpaired) electrons. The fourth-order valence-electron chi connectivity index (χ4n) is 1.95. The Morgan fingerprint density at radius 2 is 2.33 bits per heavy atom. The molecule has 15 heavy (non-hydrogen) atoms. The summed E-state index contributed by atoms with van der Waals surface area (Å²) in [6.07, 6.45) is 4.81. The summed E-state index contributed by atoms with van der Waals surface area (Å²) in [5, 5.41) is 12.4. The van der Waals surface area contributed by atoms with E-state index in [2.05, 4.69) is 19.2 Å². The van der Waals surface area contributed by atoms with E-state index in [-0.39, 0.29) is 6.04 Å². The van der Waals surface area contributed by atoms with Crippen LogP contribution in [0.1, 0.15) is 39.5 Å². The van der Waals surface area contributed by atoms with Crippen LogP contribution in [0.15, 0.2) is 0 Å². The summed E-state index contributed by atoms with van der Waals surface area (Å²) in [4.78, 5) is 10.8. The number of carbonyl (C=O) groups is 1. The minimum Gasteiger partial charge on any atom is -0.480 e. The molecule has 0 aliphatic carbocycles. The van der Waals surface area contributed by atoms with Crippen molar-refractivity contribution in [2.75, 3.05) is 5.75 Å². The molecule has 0 aromatic heterocycles. The van der Waals surface area contributed by atoms with Crippen molar-refractivity contribution in [1.82, 2.24) is 5.32 Å². The third kappa shape index (κ3) is 3.68. The Labute approximate surface area is 96.0 Å². The quantitative estimate of drug-likeness (QED) is 0.736.